The van der Waals surface area contributed by atoms with E-state index in [4.69, 9.17) is 9.47 Å². The summed E-state index contributed by atoms with van der Waals surface area (Å²) in [5.41, 5.74) is 0.681. The van der Waals surface area contributed by atoms with Crippen LogP contribution in [-0.4, -0.2) is 33.8 Å². The van der Waals surface area contributed by atoms with E-state index in [0.717, 1.165) is 31.1 Å². The van der Waals surface area contributed by atoms with E-state index in [9.17, 15) is 13.2 Å². The number of halogens is 3. The van der Waals surface area contributed by atoms with Crippen LogP contribution < -0.4 is 19.5 Å². The quantitative estimate of drug-likeness (QED) is 0.822. The number of fused-ring (bicyclic) bond motifs is 2. The molecule has 1 saturated heterocycles. The van der Waals surface area contributed by atoms with E-state index >= 15 is 0 Å². The number of hydrogen-bond donors (Lipinski definition) is 1. The smallest absolute Gasteiger partial charge is 0.468 e. The molecule has 1 N–H and O–H groups in total. The highest BCUT2D eigenvalue weighted by Gasteiger charge is 2.41. The van der Waals surface area contributed by atoms with Gasteiger partial charge in [-0.2, -0.15) is 0 Å². The van der Waals surface area contributed by atoms with Gasteiger partial charge in [0, 0.05) is 6.04 Å². The number of rotatable bonds is 6. The van der Waals surface area contributed by atoms with Gasteiger partial charge in [0.25, 0.3) is 11.8 Å². The maximum absolute atomic E-state index is 12.2. The van der Waals surface area contributed by atoms with E-state index in [1.165, 1.54) is 24.3 Å². The molecule has 3 unspecified atom stereocenters. The maximum Gasteiger partial charge on any atom is 0.573 e. The number of ether oxygens (including phenoxy) is 3. The molecule has 10 heteroatoms. The lowest BCUT2D eigenvalue weighted by Crippen LogP contribution is -2.40. The van der Waals surface area contributed by atoms with E-state index < -0.39 is 6.36 Å². The predicted molar refractivity (Wildman–Crippen MR) is 86.3 cm³/mol. The van der Waals surface area contributed by atoms with Gasteiger partial charge in [0.05, 0.1) is 11.7 Å². The Morgan fingerprint density at radius 3 is 2.54 bits per heavy atom. The zero-order chi connectivity index (χ0) is 18.1. The minimum atomic E-state index is -4.70. The fraction of sp³-hybridized carbons (Fsp3) is 0.500. The molecule has 140 valence electrons. The second-order valence-corrected chi connectivity index (χ2v) is 6.89. The van der Waals surface area contributed by atoms with E-state index in [-0.39, 0.29) is 18.5 Å². The molecule has 2 fully saturated rings. The molecule has 1 aliphatic heterocycles. The summed E-state index contributed by atoms with van der Waals surface area (Å²) in [6.07, 6.45) is -2.52. The number of nitrogens with one attached hydrogen (secondary N) is 1. The van der Waals surface area contributed by atoms with Crippen LogP contribution in [0, 0.1) is 5.92 Å². The first-order chi connectivity index (χ1) is 12.5. The summed E-state index contributed by atoms with van der Waals surface area (Å²) < 4.78 is 60.1. The average Bonchev–Trinajstić information content (AvgIpc) is 3.30. The highest BCUT2D eigenvalue weighted by Crippen LogP contribution is 2.36. The lowest BCUT2D eigenvalue weighted by Gasteiger charge is -2.22. The Bertz CT molecular complexity index is 753. The van der Waals surface area contributed by atoms with E-state index in [1.807, 2.05) is 0 Å². The molecule has 0 amide bonds. The van der Waals surface area contributed by atoms with Crippen molar-refractivity contribution in [1.82, 2.24) is 14.1 Å². The summed E-state index contributed by atoms with van der Waals surface area (Å²) in [4.78, 5) is 0. The molecular weight excluding hydrogens is 371 g/mol. The third-order valence-electron chi connectivity index (χ3n) is 4.50. The van der Waals surface area contributed by atoms with Crippen LogP contribution in [0.1, 0.15) is 18.4 Å². The standard InChI is InChI=1S/C16H16F3N3O3S/c17-16(18,19)25-11-3-1-9(2-4-11)8-23-14-15(22-26-21-14)24-13-6-10-5-12(13)20-7-10/h1-4,10,12-13,20H,5-8H2. The van der Waals surface area contributed by atoms with Crippen LogP contribution in [0.15, 0.2) is 24.3 Å². The van der Waals surface area contributed by atoms with Crippen molar-refractivity contribution in [2.75, 3.05) is 6.54 Å². The number of aromatic nitrogens is 2. The molecule has 2 bridgehead atoms. The minimum absolute atomic E-state index is 0.0683. The van der Waals surface area contributed by atoms with Gasteiger partial charge >= 0.3 is 6.36 Å². The first kappa shape index (κ1) is 17.3. The Kier molecular flexibility index (Phi) is 4.62. The fourth-order valence-electron chi connectivity index (χ4n) is 3.34. The van der Waals surface area contributed by atoms with Crippen molar-refractivity contribution in [2.24, 2.45) is 5.92 Å². The van der Waals surface area contributed by atoms with E-state index in [2.05, 4.69) is 18.8 Å². The summed E-state index contributed by atoms with van der Waals surface area (Å²) in [7, 11) is 0. The number of alkyl halides is 3. The monoisotopic (exact) mass is 387 g/mol. The third-order valence-corrected chi connectivity index (χ3v) is 4.99. The van der Waals surface area contributed by atoms with Gasteiger partial charge in [0.2, 0.25) is 0 Å². The molecular formula is C16H16F3N3O3S. The highest BCUT2D eigenvalue weighted by atomic mass is 32.1. The lowest BCUT2D eigenvalue weighted by atomic mass is 10.1. The molecule has 26 heavy (non-hydrogen) atoms. The van der Waals surface area contributed by atoms with Crippen molar-refractivity contribution in [3.63, 3.8) is 0 Å². The van der Waals surface area contributed by atoms with Crippen molar-refractivity contribution in [2.45, 2.75) is 38.0 Å². The lowest BCUT2D eigenvalue weighted by molar-refractivity contribution is -0.274. The zero-order valence-corrected chi connectivity index (χ0v) is 14.3. The van der Waals surface area contributed by atoms with Gasteiger partial charge in [-0.25, -0.2) is 0 Å². The molecule has 0 spiro atoms. The fourth-order valence-corrected chi connectivity index (χ4v) is 3.79. The summed E-state index contributed by atoms with van der Waals surface area (Å²) in [6.45, 7) is 1.18. The molecule has 6 nitrogen and oxygen atoms in total. The average molecular weight is 387 g/mol. The molecule has 2 aromatic rings. The van der Waals surface area contributed by atoms with Gasteiger partial charge < -0.3 is 19.5 Å². The van der Waals surface area contributed by atoms with Gasteiger partial charge in [-0.1, -0.05) is 12.1 Å². The van der Waals surface area contributed by atoms with Crippen molar-refractivity contribution < 1.29 is 27.4 Å². The van der Waals surface area contributed by atoms with Crippen molar-refractivity contribution in [1.29, 1.82) is 0 Å². The third kappa shape index (κ3) is 4.01. The van der Waals surface area contributed by atoms with Crippen molar-refractivity contribution >= 4 is 11.7 Å². The van der Waals surface area contributed by atoms with Crippen LogP contribution in [0.25, 0.3) is 0 Å². The Labute approximate surface area is 151 Å². The van der Waals surface area contributed by atoms with Crippen molar-refractivity contribution in [3.8, 4) is 17.5 Å². The minimum Gasteiger partial charge on any atom is -0.468 e. The van der Waals surface area contributed by atoms with Crippen LogP contribution in [0.3, 0.4) is 0 Å². The van der Waals surface area contributed by atoms with Crippen LogP contribution >= 0.6 is 11.7 Å². The molecule has 2 aliphatic rings. The maximum atomic E-state index is 12.2. The van der Waals surface area contributed by atoms with E-state index in [1.54, 1.807) is 0 Å². The number of piperidine rings is 1. The molecule has 1 aliphatic carbocycles. The number of benzene rings is 1. The summed E-state index contributed by atoms with van der Waals surface area (Å²) in [5, 5.41) is 3.41. The topological polar surface area (TPSA) is 65.5 Å². The second kappa shape index (κ2) is 6.92. The molecule has 2 heterocycles. The van der Waals surface area contributed by atoms with Gasteiger partial charge in [0.1, 0.15) is 18.5 Å². The Morgan fingerprint density at radius 2 is 1.88 bits per heavy atom. The van der Waals surface area contributed by atoms with Crippen molar-refractivity contribution in [3.05, 3.63) is 29.8 Å². The van der Waals surface area contributed by atoms with Crippen LogP contribution in [-0.2, 0) is 6.61 Å². The molecule has 1 aromatic heterocycles. The van der Waals surface area contributed by atoms with Gasteiger partial charge in [-0.15, -0.1) is 21.9 Å². The normalized spacial score (nSPS) is 24.7. The van der Waals surface area contributed by atoms with Crippen LogP contribution in [0.4, 0.5) is 13.2 Å². The summed E-state index contributed by atoms with van der Waals surface area (Å²) in [6, 6.07) is 5.83. The Balaban J connectivity index is 1.33. The first-order valence-electron chi connectivity index (χ1n) is 8.16. The summed E-state index contributed by atoms with van der Waals surface area (Å²) in [5.74, 6) is 1.04. The number of nitrogens with zero attached hydrogens (tertiary/aromatic N) is 2. The van der Waals surface area contributed by atoms with Crippen LogP contribution in [0.2, 0.25) is 0 Å². The van der Waals surface area contributed by atoms with E-state index in [0.29, 0.717) is 29.3 Å². The zero-order valence-electron chi connectivity index (χ0n) is 13.5. The highest BCUT2D eigenvalue weighted by molar-refractivity contribution is 6.99. The summed E-state index contributed by atoms with van der Waals surface area (Å²) >= 11 is 0.998. The molecule has 1 aromatic carbocycles. The number of hydrogen-bond acceptors (Lipinski definition) is 7. The van der Waals surface area contributed by atoms with Gasteiger partial charge in [-0.3, -0.25) is 0 Å². The van der Waals surface area contributed by atoms with Crippen LogP contribution in [0.5, 0.6) is 17.5 Å². The Hall–Kier alpha value is -2.07. The largest absolute Gasteiger partial charge is 0.573 e. The molecule has 4 rings (SSSR count). The molecule has 3 atom stereocenters. The van der Waals surface area contributed by atoms with Gasteiger partial charge in [-0.05, 0) is 43.0 Å². The Morgan fingerprint density at radius 1 is 1.12 bits per heavy atom. The molecule has 0 radical (unpaired) electrons. The molecule has 1 saturated carbocycles. The SMILES string of the molecule is FC(F)(F)Oc1ccc(COc2nsnc2OC2CC3CNC2C3)cc1. The van der Waals surface area contributed by atoms with Gasteiger partial charge in [0.15, 0.2) is 0 Å². The predicted octanol–water partition coefficient (Wildman–Crippen LogP) is 3.14. The first-order valence-corrected chi connectivity index (χ1v) is 8.89. The second-order valence-electron chi connectivity index (χ2n) is 6.36.